The maximum absolute atomic E-state index is 10.2. The van der Waals surface area contributed by atoms with Crippen molar-refractivity contribution < 1.29 is 4.79 Å². The normalized spacial score (nSPS) is 23.4. The quantitative estimate of drug-likeness (QED) is 0.753. The molecule has 2 fully saturated rings. The van der Waals surface area contributed by atoms with E-state index in [0.29, 0.717) is 23.5 Å². The van der Waals surface area contributed by atoms with E-state index in [2.05, 4.69) is 37.7 Å². The van der Waals surface area contributed by atoms with Crippen LogP contribution < -0.4 is 5.32 Å². The molecule has 3 aromatic rings. The summed E-state index contributed by atoms with van der Waals surface area (Å²) in [5, 5.41) is 3.48. The summed E-state index contributed by atoms with van der Waals surface area (Å²) < 4.78 is 2.24. The summed E-state index contributed by atoms with van der Waals surface area (Å²) in [6.07, 6.45) is 9.25. The standard InChI is InChI=1S/C14H17N5.C5H8O/c1-9-2-4-15-8-11(9)14-18-7-10-6-17-13-12(19(10)14)3-5-16-13;1-4(6)5-2-3-5/h3,5-7,9,11,15-16H,2,4,8H2,1H3;5H,2-3H2,1H3/t9-,11+;/m0./s1. The number of Topliss-reactive ketones (excluding diaryl/α,β-unsaturated/α-hetero) is 1. The molecule has 6 nitrogen and oxygen atoms in total. The van der Waals surface area contributed by atoms with Gasteiger partial charge in [-0.1, -0.05) is 6.92 Å². The van der Waals surface area contributed by atoms with E-state index in [-0.39, 0.29) is 0 Å². The highest BCUT2D eigenvalue weighted by Crippen LogP contribution is 2.30. The summed E-state index contributed by atoms with van der Waals surface area (Å²) in [6, 6.07) is 2.07. The number of nitrogens with zero attached hydrogens (tertiary/aromatic N) is 3. The number of hydrogen-bond acceptors (Lipinski definition) is 4. The Hall–Kier alpha value is -2.21. The van der Waals surface area contributed by atoms with E-state index >= 15 is 0 Å². The second-order valence-electron chi connectivity index (χ2n) is 7.31. The molecule has 0 amide bonds. The Balaban J connectivity index is 0.000000223. The molecule has 4 heterocycles. The summed E-state index contributed by atoms with van der Waals surface area (Å²) in [7, 11) is 0. The minimum atomic E-state index is 0.370. The van der Waals surface area contributed by atoms with Crippen molar-refractivity contribution in [3.63, 3.8) is 0 Å². The van der Waals surface area contributed by atoms with E-state index in [9.17, 15) is 4.79 Å². The molecule has 1 saturated carbocycles. The minimum absolute atomic E-state index is 0.370. The predicted molar refractivity (Wildman–Crippen MR) is 97.6 cm³/mol. The smallest absolute Gasteiger partial charge is 0.154 e. The largest absolute Gasteiger partial charge is 0.345 e. The molecule has 1 saturated heterocycles. The van der Waals surface area contributed by atoms with Crippen molar-refractivity contribution in [3.05, 3.63) is 30.5 Å². The maximum atomic E-state index is 10.2. The fourth-order valence-corrected chi connectivity index (χ4v) is 3.59. The van der Waals surface area contributed by atoms with Gasteiger partial charge < -0.3 is 10.3 Å². The monoisotopic (exact) mass is 339 g/mol. The van der Waals surface area contributed by atoms with Crippen molar-refractivity contribution in [3.8, 4) is 0 Å². The van der Waals surface area contributed by atoms with Gasteiger partial charge in [-0.25, -0.2) is 9.97 Å². The number of aromatic amines is 1. The summed E-state index contributed by atoms with van der Waals surface area (Å²) >= 11 is 0. The van der Waals surface area contributed by atoms with Crippen molar-refractivity contribution in [1.29, 1.82) is 0 Å². The molecule has 3 aromatic heterocycles. The fourth-order valence-electron chi connectivity index (χ4n) is 3.59. The Morgan fingerprint density at radius 3 is 2.72 bits per heavy atom. The van der Waals surface area contributed by atoms with Gasteiger partial charge >= 0.3 is 0 Å². The second-order valence-corrected chi connectivity index (χ2v) is 7.31. The summed E-state index contributed by atoms with van der Waals surface area (Å²) in [4.78, 5) is 22.5. The van der Waals surface area contributed by atoms with E-state index in [1.54, 1.807) is 6.92 Å². The number of H-pyrrole nitrogens is 1. The number of ketones is 1. The van der Waals surface area contributed by atoms with Crippen LogP contribution in [0.3, 0.4) is 0 Å². The van der Waals surface area contributed by atoms with E-state index in [1.807, 2.05) is 18.6 Å². The van der Waals surface area contributed by atoms with E-state index in [1.165, 1.54) is 6.42 Å². The van der Waals surface area contributed by atoms with Gasteiger partial charge in [0.2, 0.25) is 0 Å². The molecule has 2 aliphatic rings. The average molecular weight is 339 g/mol. The SMILES string of the molecule is CC(=O)C1CC1.C[C@H]1CCNC[C@H]1c1ncc2cnc3[nH]ccc3n12. The van der Waals surface area contributed by atoms with Gasteiger partial charge in [-0.3, -0.25) is 9.20 Å². The first-order valence-electron chi connectivity index (χ1n) is 9.15. The van der Waals surface area contributed by atoms with Gasteiger partial charge in [-0.05, 0) is 44.7 Å². The van der Waals surface area contributed by atoms with Crippen LogP contribution in [0.5, 0.6) is 0 Å². The molecule has 0 bridgehead atoms. The third-order valence-corrected chi connectivity index (χ3v) is 5.40. The van der Waals surface area contributed by atoms with Crippen LogP contribution in [0.4, 0.5) is 0 Å². The van der Waals surface area contributed by atoms with Crippen LogP contribution in [-0.4, -0.2) is 38.2 Å². The van der Waals surface area contributed by atoms with Crippen LogP contribution in [0.25, 0.3) is 16.7 Å². The molecule has 0 spiro atoms. The lowest BCUT2D eigenvalue weighted by Gasteiger charge is -2.28. The lowest BCUT2D eigenvalue weighted by molar-refractivity contribution is -0.118. The third-order valence-electron chi connectivity index (χ3n) is 5.40. The zero-order valence-electron chi connectivity index (χ0n) is 14.8. The molecule has 132 valence electrons. The molecular weight excluding hydrogens is 314 g/mol. The van der Waals surface area contributed by atoms with Crippen LogP contribution in [0.2, 0.25) is 0 Å². The number of fused-ring (bicyclic) bond motifs is 3. The van der Waals surface area contributed by atoms with Crippen molar-refractivity contribution in [1.82, 2.24) is 24.7 Å². The fraction of sp³-hybridized carbons (Fsp3) is 0.526. The molecule has 1 aliphatic carbocycles. The molecule has 25 heavy (non-hydrogen) atoms. The minimum Gasteiger partial charge on any atom is -0.345 e. The van der Waals surface area contributed by atoms with Crippen LogP contribution in [-0.2, 0) is 4.79 Å². The van der Waals surface area contributed by atoms with Crippen LogP contribution >= 0.6 is 0 Å². The summed E-state index contributed by atoms with van der Waals surface area (Å²) in [5.41, 5.74) is 3.10. The average Bonchev–Trinajstić information content (AvgIpc) is 3.21. The number of aromatic nitrogens is 4. The van der Waals surface area contributed by atoms with Crippen molar-refractivity contribution >= 4 is 22.5 Å². The molecule has 2 atom stereocenters. The van der Waals surface area contributed by atoms with Gasteiger partial charge in [0.05, 0.1) is 23.4 Å². The maximum Gasteiger partial charge on any atom is 0.154 e. The number of hydrogen-bond donors (Lipinski definition) is 2. The number of carbonyl (C=O) groups is 1. The highest BCUT2D eigenvalue weighted by molar-refractivity contribution is 5.80. The number of rotatable bonds is 2. The van der Waals surface area contributed by atoms with Gasteiger partial charge in [0, 0.05) is 24.6 Å². The first-order chi connectivity index (χ1) is 12.1. The number of nitrogens with one attached hydrogen (secondary N) is 2. The highest BCUT2D eigenvalue weighted by Gasteiger charge is 2.27. The Labute approximate surface area is 147 Å². The molecule has 6 heteroatoms. The predicted octanol–water partition coefficient (Wildman–Crippen LogP) is 2.91. The first-order valence-corrected chi connectivity index (χ1v) is 9.15. The van der Waals surface area contributed by atoms with E-state index in [0.717, 1.165) is 48.4 Å². The first kappa shape index (κ1) is 16.3. The van der Waals surface area contributed by atoms with Gasteiger partial charge in [0.15, 0.2) is 5.65 Å². The molecule has 0 unspecified atom stereocenters. The van der Waals surface area contributed by atoms with Crippen molar-refractivity contribution in [2.75, 3.05) is 13.1 Å². The van der Waals surface area contributed by atoms with Crippen molar-refractivity contribution in [2.24, 2.45) is 11.8 Å². The summed E-state index contributed by atoms with van der Waals surface area (Å²) in [5.74, 6) is 3.12. The number of piperidine rings is 1. The van der Waals surface area contributed by atoms with Crippen LogP contribution in [0.15, 0.2) is 24.7 Å². The zero-order valence-corrected chi connectivity index (χ0v) is 14.8. The lowest BCUT2D eigenvalue weighted by atomic mass is 9.87. The van der Waals surface area contributed by atoms with Crippen LogP contribution in [0, 0.1) is 11.8 Å². The number of imidazole rings is 1. The Bertz CT molecular complexity index is 892. The van der Waals surface area contributed by atoms with Crippen molar-refractivity contribution in [2.45, 2.75) is 39.0 Å². The lowest BCUT2D eigenvalue weighted by Crippen LogP contribution is -2.34. The van der Waals surface area contributed by atoms with E-state index in [4.69, 9.17) is 0 Å². The Morgan fingerprint density at radius 1 is 1.24 bits per heavy atom. The highest BCUT2D eigenvalue weighted by atomic mass is 16.1. The topological polar surface area (TPSA) is 75.1 Å². The van der Waals surface area contributed by atoms with Gasteiger partial charge in [-0.2, -0.15) is 0 Å². The zero-order chi connectivity index (χ0) is 17.4. The third kappa shape index (κ3) is 3.18. The van der Waals surface area contributed by atoms with Gasteiger partial charge in [0.1, 0.15) is 11.6 Å². The Morgan fingerprint density at radius 2 is 2.04 bits per heavy atom. The van der Waals surface area contributed by atoms with Gasteiger partial charge in [-0.15, -0.1) is 0 Å². The molecular formula is C19H25N5O. The second kappa shape index (κ2) is 6.59. The number of carbonyl (C=O) groups excluding carboxylic acids is 1. The van der Waals surface area contributed by atoms with E-state index < -0.39 is 0 Å². The molecule has 0 aromatic carbocycles. The molecule has 5 rings (SSSR count). The summed E-state index contributed by atoms with van der Waals surface area (Å²) in [6.45, 7) is 6.11. The van der Waals surface area contributed by atoms with Gasteiger partial charge in [0.25, 0.3) is 0 Å². The molecule has 2 N–H and O–H groups in total. The van der Waals surface area contributed by atoms with Crippen LogP contribution in [0.1, 0.15) is 44.9 Å². The Kier molecular flexibility index (Phi) is 4.29. The molecule has 1 aliphatic heterocycles. The molecule has 0 radical (unpaired) electrons.